The van der Waals surface area contributed by atoms with Gasteiger partial charge >= 0.3 is 0 Å². The van der Waals surface area contributed by atoms with Crippen molar-refractivity contribution >= 4 is 11.6 Å². The van der Waals surface area contributed by atoms with Crippen LogP contribution in [0.4, 0.5) is 11.6 Å². The van der Waals surface area contributed by atoms with Crippen LogP contribution in [-0.4, -0.2) is 22.6 Å². The SMILES string of the molecule is CCNc1cc(NC(C)C(C)CC)ncn1. The Kier molecular flexibility index (Phi) is 5.02. The minimum atomic E-state index is 0.425. The standard InChI is InChI=1S/C12H22N4/c1-5-9(3)10(4)16-12-7-11(13-6-2)14-8-15-12/h7-10H,5-6H2,1-4H3,(H2,13,14,15,16). The van der Waals surface area contributed by atoms with Gasteiger partial charge in [0.1, 0.15) is 18.0 Å². The minimum absolute atomic E-state index is 0.425. The normalized spacial score (nSPS) is 14.2. The highest BCUT2D eigenvalue weighted by molar-refractivity contribution is 5.46. The van der Waals surface area contributed by atoms with E-state index in [0.717, 1.165) is 18.2 Å². The Morgan fingerprint density at radius 1 is 1.19 bits per heavy atom. The first-order chi connectivity index (χ1) is 7.67. The Morgan fingerprint density at radius 3 is 2.50 bits per heavy atom. The topological polar surface area (TPSA) is 49.8 Å². The van der Waals surface area contributed by atoms with Crippen molar-refractivity contribution < 1.29 is 0 Å². The average Bonchev–Trinajstić information content (AvgIpc) is 2.29. The second kappa shape index (κ2) is 6.30. The summed E-state index contributed by atoms with van der Waals surface area (Å²) in [7, 11) is 0. The highest BCUT2D eigenvalue weighted by atomic mass is 15.1. The van der Waals surface area contributed by atoms with Crippen LogP contribution in [0.1, 0.15) is 34.1 Å². The minimum Gasteiger partial charge on any atom is -0.370 e. The number of hydrogen-bond donors (Lipinski definition) is 2. The molecule has 4 nitrogen and oxygen atoms in total. The van der Waals surface area contributed by atoms with E-state index in [9.17, 15) is 0 Å². The molecule has 1 rings (SSSR count). The molecule has 0 saturated carbocycles. The molecular weight excluding hydrogens is 200 g/mol. The van der Waals surface area contributed by atoms with Crippen LogP contribution < -0.4 is 10.6 Å². The van der Waals surface area contributed by atoms with Gasteiger partial charge in [0.25, 0.3) is 0 Å². The van der Waals surface area contributed by atoms with Gasteiger partial charge in [-0.1, -0.05) is 20.3 Å². The van der Waals surface area contributed by atoms with E-state index < -0.39 is 0 Å². The molecule has 0 aliphatic rings. The third-order valence-corrected chi connectivity index (χ3v) is 2.90. The predicted molar refractivity (Wildman–Crippen MR) is 68.7 cm³/mol. The summed E-state index contributed by atoms with van der Waals surface area (Å²) in [5.41, 5.74) is 0. The van der Waals surface area contributed by atoms with E-state index in [1.54, 1.807) is 6.33 Å². The summed E-state index contributed by atoms with van der Waals surface area (Å²) in [4.78, 5) is 8.36. The number of anilines is 2. The lowest BCUT2D eigenvalue weighted by Gasteiger charge is -2.20. The van der Waals surface area contributed by atoms with Crippen molar-refractivity contribution in [3.63, 3.8) is 0 Å². The Morgan fingerprint density at radius 2 is 1.88 bits per heavy atom. The van der Waals surface area contributed by atoms with Gasteiger partial charge in [-0.25, -0.2) is 9.97 Å². The first-order valence-electron chi connectivity index (χ1n) is 5.99. The molecule has 2 unspecified atom stereocenters. The Balaban J connectivity index is 2.62. The summed E-state index contributed by atoms with van der Waals surface area (Å²) in [6.07, 6.45) is 2.75. The van der Waals surface area contributed by atoms with Crippen molar-refractivity contribution in [2.24, 2.45) is 5.92 Å². The molecule has 1 heterocycles. The molecule has 1 aromatic heterocycles. The van der Waals surface area contributed by atoms with Crippen molar-refractivity contribution in [3.05, 3.63) is 12.4 Å². The Hall–Kier alpha value is -1.32. The van der Waals surface area contributed by atoms with Crippen LogP contribution in [0, 0.1) is 5.92 Å². The molecule has 2 N–H and O–H groups in total. The van der Waals surface area contributed by atoms with Gasteiger partial charge in [0.05, 0.1) is 0 Å². The third kappa shape index (κ3) is 3.68. The van der Waals surface area contributed by atoms with Crippen molar-refractivity contribution in [1.29, 1.82) is 0 Å². The fourth-order valence-electron chi connectivity index (χ4n) is 1.44. The van der Waals surface area contributed by atoms with Crippen LogP contribution >= 0.6 is 0 Å². The molecule has 0 bridgehead atoms. The molecule has 16 heavy (non-hydrogen) atoms. The number of aromatic nitrogens is 2. The average molecular weight is 222 g/mol. The molecule has 0 fully saturated rings. The van der Waals surface area contributed by atoms with Crippen LogP contribution in [0.2, 0.25) is 0 Å². The van der Waals surface area contributed by atoms with Crippen LogP contribution in [0.25, 0.3) is 0 Å². The van der Waals surface area contributed by atoms with E-state index in [4.69, 9.17) is 0 Å². The van der Waals surface area contributed by atoms with Gasteiger partial charge in [0.15, 0.2) is 0 Å². The zero-order valence-electron chi connectivity index (χ0n) is 10.6. The smallest absolute Gasteiger partial charge is 0.131 e. The fourth-order valence-corrected chi connectivity index (χ4v) is 1.44. The second-order valence-electron chi connectivity index (χ2n) is 4.14. The molecule has 0 aromatic carbocycles. The maximum atomic E-state index is 4.22. The zero-order valence-corrected chi connectivity index (χ0v) is 10.6. The summed E-state index contributed by atoms with van der Waals surface area (Å²) in [6.45, 7) is 9.55. The number of hydrogen-bond acceptors (Lipinski definition) is 4. The van der Waals surface area contributed by atoms with Crippen molar-refractivity contribution in [1.82, 2.24) is 9.97 Å². The van der Waals surface area contributed by atoms with Crippen molar-refractivity contribution in [2.45, 2.75) is 40.2 Å². The van der Waals surface area contributed by atoms with E-state index >= 15 is 0 Å². The van der Waals surface area contributed by atoms with Gasteiger partial charge in [0.2, 0.25) is 0 Å². The van der Waals surface area contributed by atoms with Gasteiger partial charge in [-0.05, 0) is 19.8 Å². The quantitative estimate of drug-likeness (QED) is 0.777. The van der Waals surface area contributed by atoms with Gasteiger partial charge < -0.3 is 10.6 Å². The molecule has 2 atom stereocenters. The third-order valence-electron chi connectivity index (χ3n) is 2.90. The number of nitrogens with one attached hydrogen (secondary N) is 2. The summed E-state index contributed by atoms with van der Waals surface area (Å²) in [5, 5.41) is 6.57. The van der Waals surface area contributed by atoms with Crippen LogP contribution in [0.5, 0.6) is 0 Å². The molecule has 0 aliphatic carbocycles. The van der Waals surface area contributed by atoms with Gasteiger partial charge in [-0.15, -0.1) is 0 Å². The molecule has 1 aromatic rings. The van der Waals surface area contributed by atoms with Gasteiger partial charge in [-0.2, -0.15) is 0 Å². The highest BCUT2D eigenvalue weighted by Gasteiger charge is 2.10. The predicted octanol–water partition coefficient (Wildman–Crippen LogP) is 2.75. The van der Waals surface area contributed by atoms with Crippen LogP contribution in [0.3, 0.4) is 0 Å². The Labute approximate surface area is 97.9 Å². The van der Waals surface area contributed by atoms with Crippen molar-refractivity contribution in [3.8, 4) is 0 Å². The van der Waals surface area contributed by atoms with Crippen LogP contribution in [0.15, 0.2) is 12.4 Å². The lowest BCUT2D eigenvalue weighted by atomic mass is 10.0. The zero-order chi connectivity index (χ0) is 12.0. The molecule has 0 radical (unpaired) electrons. The molecule has 90 valence electrons. The van der Waals surface area contributed by atoms with E-state index in [0.29, 0.717) is 12.0 Å². The van der Waals surface area contributed by atoms with E-state index in [1.165, 1.54) is 6.42 Å². The highest BCUT2D eigenvalue weighted by Crippen LogP contribution is 2.14. The molecule has 4 heteroatoms. The van der Waals surface area contributed by atoms with E-state index in [1.807, 2.05) is 6.07 Å². The molecule has 0 amide bonds. The molecule has 0 spiro atoms. The maximum Gasteiger partial charge on any atom is 0.131 e. The molecule has 0 saturated heterocycles. The number of nitrogens with zero attached hydrogens (tertiary/aromatic N) is 2. The van der Waals surface area contributed by atoms with E-state index in [2.05, 4.69) is 48.3 Å². The van der Waals surface area contributed by atoms with Gasteiger partial charge in [0, 0.05) is 18.7 Å². The largest absolute Gasteiger partial charge is 0.370 e. The lowest BCUT2D eigenvalue weighted by Crippen LogP contribution is -2.23. The van der Waals surface area contributed by atoms with Gasteiger partial charge in [-0.3, -0.25) is 0 Å². The molecular formula is C12H22N4. The monoisotopic (exact) mass is 222 g/mol. The summed E-state index contributed by atoms with van der Waals surface area (Å²) in [5.74, 6) is 2.40. The summed E-state index contributed by atoms with van der Waals surface area (Å²) < 4.78 is 0. The van der Waals surface area contributed by atoms with Crippen molar-refractivity contribution in [2.75, 3.05) is 17.2 Å². The maximum absolute atomic E-state index is 4.22. The van der Waals surface area contributed by atoms with Crippen LogP contribution in [-0.2, 0) is 0 Å². The second-order valence-corrected chi connectivity index (χ2v) is 4.14. The molecule has 0 aliphatic heterocycles. The first-order valence-corrected chi connectivity index (χ1v) is 5.99. The first kappa shape index (κ1) is 12.7. The summed E-state index contributed by atoms with van der Waals surface area (Å²) in [6, 6.07) is 2.37. The summed E-state index contributed by atoms with van der Waals surface area (Å²) >= 11 is 0. The fraction of sp³-hybridized carbons (Fsp3) is 0.667. The lowest BCUT2D eigenvalue weighted by molar-refractivity contribution is 0.493. The Bertz CT molecular complexity index is 314. The number of rotatable bonds is 6. The van der Waals surface area contributed by atoms with E-state index in [-0.39, 0.29) is 0 Å².